The van der Waals surface area contributed by atoms with Gasteiger partial charge in [-0.15, -0.1) is 0 Å². The standard InChI is InChI=1S/C26H27NO4S/c1-20-14-16-23(17-15-20)32(30,31)25(26(28)29)13-7-3-6-12-24(21-9-4-2-5-10-21)22-11-8-18-27-19-22/h2,4-5,8-12,14-19,25H,3,6-7,13H2,1H3,(H,28,29)/b24-12-. The number of hydrogen-bond donors (Lipinski definition) is 1. The summed E-state index contributed by atoms with van der Waals surface area (Å²) < 4.78 is 25.7. The molecule has 0 fully saturated rings. The molecule has 2 aromatic carbocycles. The number of pyridine rings is 1. The highest BCUT2D eigenvalue weighted by Gasteiger charge is 2.33. The monoisotopic (exact) mass is 449 g/mol. The van der Waals surface area contributed by atoms with E-state index in [4.69, 9.17) is 0 Å². The number of hydrogen-bond acceptors (Lipinski definition) is 4. The molecule has 0 spiro atoms. The van der Waals surface area contributed by atoms with Gasteiger partial charge in [0, 0.05) is 18.0 Å². The third-order valence-corrected chi connectivity index (χ3v) is 7.44. The third kappa shape index (κ3) is 5.92. The van der Waals surface area contributed by atoms with Gasteiger partial charge >= 0.3 is 5.97 Å². The van der Waals surface area contributed by atoms with E-state index in [-0.39, 0.29) is 11.3 Å². The van der Waals surface area contributed by atoms with Crippen LogP contribution in [0.2, 0.25) is 0 Å². The van der Waals surface area contributed by atoms with Gasteiger partial charge in [0.2, 0.25) is 0 Å². The Morgan fingerprint density at radius 1 is 0.969 bits per heavy atom. The summed E-state index contributed by atoms with van der Waals surface area (Å²) >= 11 is 0. The van der Waals surface area contributed by atoms with E-state index in [9.17, 15) is 18.3 Å². The molecule has 166 valence electrons. The lowest BCUT2D eigenvalue weighted by Crippen LogP contribution is -2.30. The number of aromatic nitrogens is 1. The summed E-state index contributed by atoms with van der Waals surface area (Å²) in [6.07, 6.45) is 7.61. The summed E-state index contributed by atoms with van der Waals surface area (Å²) in [7, 11) is -3.93. The average Bonchev–Trinajstić information content (AvgIpc) is 2.79. The molecule has 0 bridgehead atoms. The molecule has 6 heteroatoms. The van der Waals surface area contributed by atoms with E-state index in [0.717, 1.165) is 22.3 Å². The summed E-state index contributed by atoms with van der Waals surface area (Å²) in [5, 5.41) is 8.13. The highest BCUT2D eigenvalue weighted by Crippen LogP contribution is 2.25. The van der Waals surface area contributed by atoms with Crippen molar-refractivity contribution < 1.29 is 18.3 Å². The number of aryl methyl sites for hydroxylation is 1. The largest absolute Gasteiger partial charge is 0.480 e. The SMILES string of the molecule is Cc1ccc(S(=O)(=O)C(CCCC/C=C(/c2ccccc2)c2cccnc2)C(=O)O)cc1. The Morgan fingerprint density at radius 2 is 1.66 bits per heavy atom. The van der Waals surface area contributed by atoms with E-state index in [2.05, 4.69) is 11.1 Å². The number of unbranched alkanes of at least 4 members (excludes halogenated alkanes) is 2. The Labute approximate surface area is 189 Å². The number of carboxylic acid groups (broad SMARTS) is 1. The first-order valence-electron chi connectivity index (χ1n) is 10.6. The van der Waals surface area contributed by atoms with Crippen LogP contribution in [-0.2, 0) is 14.6 Å². The minimum atomic E-state index is -3.93. The van der Waals surface area contributed by atoms with Crippen molar-refractivity contribution in [1.29, 1.82) is 0 Å². The Morgan fingerprint density at radius 3 is 2.28 bits per heavy atom. The zero-order chi connectivity index (χ0) is 23.0. The van der Waals surface area contributed by atoms with Crippen LogP contribution >= 0.6 is 0 Å². The zero-order valence-electron chi connectivity index (χ0n) is 18.0. The molecule has 0 aliphatic rings. The molecule has 1 unspecified atom stereocenters. The van der Waals surface area contributed by atoms with E-state index in [1.807, 2.05) is 55.6 Å². The fraction of sp³-hybridized carbons (Fsp3) is 0.231. The van der Waals surface area contributed by atoms with E-state index >= 15 is 0 Å². The van der Waals surface area contributed by atoms with Crippen molar-refractivity contribution in [2.75, 3.05) is 0 Å². The van der Waals surface area contributed by atoms with Gasteiger partial charge in [-0.1, -0.05) is 66.6 Å². The van der Waals surface area contributed by atoms with Gasteiger partial charge in [-0.25, -0.2) is 8.42 Å². The molecule has 0 saturated heterocycles. The van der Waals surface area contributed by atoms with Gasteiger partial charge in [-0.05, 0) is 55.5 Å². The third-order valence-electron chi connectivity index (χ3n) is 5.33. The number of rotatable bonds is 10. The lowest BCUT2D eigenvalue weighted by atomic mass is 9.97. The first kappa shape index (κ1) is 23.4. The van der Waals surface area contributed by atoms with Crippen LogP contribution < -0.4 is 0 Å². The fourth-order valence-corrected chi connectivity index (χ4v) is 5.15. The molecule has 0 radical (unpaired) electrons. The van der Waals surface area contributed by atoms with Crippen LogP contribution in [0, 0.1) is 6.92 Å². The number of sulfone groups is 1. The summed E-state index contributed by atoms with van der Waals surface area (Å²) in [6, 6.07) is 20.2. The fourth-order valence-electron chi connectivity index (χ4n) is 3.57. The minimum absolute atomic E-state index is 0.0540. The van der Waals surface area contributed by atoms with Gasteiger partial charge in [-0.2, -0.15) is 0 Å². The molecule has 1 heterocycles. The highest BCUT2D eigenvalue weighted by atomic mass is 32.2. The maximum absolute atomic E-state index is 12.8. The van der Waals surface area contributed by atoms with Gasteiger partial charge in [0.1, 0.15) is 0 Å². The molecule has 0 saturated carbocycles. The highest BCUT2D eigenvalue weighted by molar-refractivity contribution is 7.92. The smallest absolute Gasteiger partial charge is 0.322 e. The van der Waals surface area contributed by atoms with Gasteiger partial charge < -0.3 is 5.11 Å². The predicted molar refractivity (Wildman–Crippen MR) is 126 cm³/mol. The van der Waals surface area contributed by atoms with Crippen LogP contribution in [0.4, 0.5) is 0 Å². The van der Waals surface area contributed by atoms with Crippen LogP contribution in [0.25, 0.3) is 5.57 Å². The van der Waals surface area contributed by atoms with Crippen LogP contribution in [0.3, 0.4) is 0 Å². The molecule has 32 heavy (non-hydrogen) atoms. The number of carboxylic acids is 1. The number of benzene rings is 2. The maximum Gasteiger partial charge on any atom is 0.322 e. The molecule has 0 amide bonds. The van der Waals surface area contributed by atoms with Gasteiger partial charge in [-0.3, -0.25) is 9.78 Å². The van der Waals surface area contributed by atoms with Crippen molar-refractivity contribution in [3.63, 3.8) is 0 Å². The summed E-state index contributed by atoms with van der Waals surface area (Å²) in [5.41, 5.74) is 4.06. The lowest BCUT2D eigenvalue weighted by molar-refractivity contribution is -0.136. The average molecular weight is 450 g/mol. The molecule has 0 aliphatic carbocycles. The van der Waals surface area contributed by atoms with Crippen molar-refractivity contribution in [1.82, 2.24) is 4.98 Å². The second-order valence-electron chi connectivity index (χ2n) is 7.69. The number of allylic oxidation sites excluding steroid dienone is 1. The van der Waals surface area contributed by atoms with Gasteiger partial charge in [0.25, 0.3) is 0 Å². The van der Waals surface area contributed by atoms with Crippen molar-refractivity contribution in [3.8, 4) is 0 Å². The molecular formula is C26H27NO4S. The summed E-state index contributed by atoms with van der Waals surface area (Å²) in [4.78, 5) is 16.0. The van der Waals surface area contributed by atoms with Gasteiger partial charge in [0.15, 0.2) is 15.1 Å². The molecule has 0 aliphatic heterocycles. The van der Waals surface area contributed by atoms with Crippen LogP contribution in [0.5, 0.6) is 0 Å². The topological polar surface area (TPSA) is 84.3 Å². The van der Waals surface area contributed by atoms with Crippen LogP contribution in [0.1, 0.15) is 42.4 Å². The summed E-state index contributed by atoms with van der Waals surface area (Å²) in [6.45, 7) is 1.85. The quantitative estimate of drug-likeness (QED) is 0.424. The van der Waals surface area contributed by atoms with Crippen molar-refractivity contribution >= 4 is 21.4 Å². The molecule has 5 nitrogen and oxygen atoms in total. The van der Waals surface area contributed by atoms with Gasteiger partial charge in [0.05, 0.1) is 4.90 Å². The molecular weight excluding hydrogens is 422 g/mol. The van der Waals surface area contributed by atoms with E-state index in [1.54, 1.807) is 18.3 Å². The molecule has 3 aromatic rings. The number of aliphatic carboxylic acids is 1. The Kier molecular flexibility index (Phi) is 7.95. The molecule has 1 atom stereocenters. The van der Waals surface area contributed by atoms with Crippen molar-refractivity contribution in [3.05, 3.63) is 102 Å². The van der Waals surface area contributed by atoms with E-state index < -0.39 is 21.1 Å². The number of carbonyl (C=O) groups is 1. The van der Waals surface area contributed by atoms with E-state index in [0.29, 0.717) is 19.3 Å². The zero-order valence-corrected chi connectivity index (χ0v) is 18.8. The second kappa shape index (κ2) is 10.9. The van der Waals surface area contributed by atoms with Crippen molar-refractivity contribution in [2.24, 2.45) is 0 Å². The van der Waals surface area contributed by atoms with E-state index in [1.165, 1.54) is 12.1 Å². The predicted octanol–water partition coefficient (Wildman–Crippen LogP) is 5.31. The summed E-state index contributed by atoms with van der Waals surface area (Å²) in [5.74, 6) is -1.30. The normalized spacial score (nSPS) is 13.0. The van der Waals surface area contributed by atoms with Crippen molar-refractivity contribution in [2.45, 2.75) is 42.8 Å². The first-order valence-corrected chi connectivity index (χ1v) is 12.1. The Hall–Kier alpha value is -3.25. The Bertz CT molecular complexity index is 1110. The maximum atomic E-state index is 12.8. The Balaban J connectivity index is 1.68. The molecule has 1 aromatic heterocycles. The van der Waals surface area contributed by atoms with Crippen LogP contribution in [0.15, 0.2) is 90.1 Å². The molecule has 1 N–H and O–H groups in total. The second-order valence-corrected chi connectivity index (χ2v) is 9.83. The minimum Gasteiger partial charge on any atom is -0.480 e. The molecule has 3 rings (SSSR count). The number of nitrogens with zero attached hydrogens (tertiary/aromatic N) is 1. The lowest BCUT2D eigenvalue weighted by Gasteiger charge is -2.14. The first-order chi connectivity index (χ1) is 15.4. The van der Waals surface area contributed by atoms with Crippen LogP contribution in [-0.4, -0.2) is 29.7 Å².